The van der Waals surface area contributed by atoms with E-state index in [1.165, 1.54) is 48.7 Å². The molecule has 8 N–H and O–H groups in total. The molecule has 5 heterocycles. The summed E-state index contributed by atoms with van der Waals surface area (Å²) in [6, 6.07) is 2.80. The Kier molecular flexibility index (Phi) is 14.2. The minimum absolute atomic E-state index is 0.0480. The van der Waals surface area contributed by atoms with Gasteiger partial charge in [-0.15, -0.1) is 0 Å². The van der Waals surface area contributed by atoms with Gasteiger partial charge in [-0.1, -0.05) is 20.8 Å². The average Bonchev–Trinajstić information content (AvgIpc) is 3.69. The summed E-state index contributed by atoms with van der Waals surface area (Å²) in [7, 11) is -11.1. The molecule has 1 amide bonds. The molecule has 3 aromatic rings. The van der Waals surface area contributed by atoms with Crippen LogP contribution in [0.15, 0.2) is 35.6 Å². The summed E-state index contributed by atoms with van der Waals surface area (Å²) in [5.74, 6) is -0.784. The van der Waals surface area contributed by atoms with Gasteiger partial charge in [0.05, 0.1) is 19.5 Å². The number of H-pyrrole nitrogens is 1. The number of primary amides is 1. The number of aromatic nitrogens is 5. The molecular weight excluding hydrogens is 760 g/mol. The zero-order chi connectivity index (χ0) is 38.5. The van der Waals surface area contributed by atoms with Crippen LogP contribution in [0.5, 0.6) is 0 Å². The summed E-state index contributed by atoms with van der Waals surface area (Å²) in [4.78, 5) is 58.1. The number of halogens is 1. The number of carbonyl (C=O) groups is 1. The summed E-state index contributed by atoms with van der Waals surface area (Å²) in [6.45, 7) is 8.14. The SMILES string of the molecule is CCN(CC)CC.NC(=O)c1ccc[n+]([C@@H]2O[C@H](COP(=O)([O-])OP(=O)(O)OC[C@H]3O[C@@H](n4c(Cl)nc5c(=O)[nH]cnc54)[C@H](O)[C@@H]3O)[C@@H](O)[C@H]2O)c1. The van der Waals surface area contributed by atoms with E-state index in [-0.39, 0.29) is 22.0 Å². The molecule has 0 aromatic carbocycles. The minimum Gasteiger partial charge on any atom is -0.756 e. The Morgan fingerprint density at radius 2 is 1.69 bits per heavy atom. The first-order valence-corrected chi connectivity index (χ1v) is 19.1. The predicted octanol–water partition coefficient (Wildman–Crippen LogP) is -1.94. The number of aliphatic hydroxyl groups is 4. The van der Waals surface area contributed by atoms with Gasteiger partial charge in [-0.3, -0.25) is 23.2 Å². The molecule has 25 heteroatoms. The molecule has 0 bridgehead atoms. The molecule has 5 rings (SSSR count). The van der Waals surface area contributed by atoms with Crippen LogP contribution in [0.25, 0.3) is 11.2 Å². The van der Waals surface area contributed by atoms with Gasteiger partial charge in [0.25, 0.3) is 25.5 Å². The van der Waals surface area contributed by atoms with Crippen molar-refractivity contribution in [3.63, 3.8) is 0 Å². The Bertz CT molecular complexity index is 1840. The molecule has 2 aliphatic rings. The first kappa shape index (κ1) is 42.0. The van der Waals surface area contributed by atoms with Gasteiger partial charge >= 0.3 is 7.82 Å². The molecule has 0 radical (unpaired) electrons. The third-order valence-electron chi connectivity index (χ3n) is 8.11. The Morgan fingerprint density at radius 1 is 1.08 bits per heavy atom. The van der Waals surface area contributed by atoms with Gasteiger partial charge in [-0.05, 0) is 37.3 Å². The molecule has 52 heavy (non-hydrogen) atoms. The molecule has 2 fully saturated rings. The van der Waals surface area contributed by atoms with Crippen LogP contribution in [0.2, 0.25) is 5.28 Å². The van der Waals surface area contributed by atoms with Gasteiger partial charge < -0.3 is 59.8 Å². The topological polar surface area (TPSA) is 318 Å². The molecule has 10 atom stereocenters. The quantitative estimate of drug-likeness (QED) is 0.0530. The van der Waals surface area contributed by atoms with Crippen molar-refractivity contribution < 1.29 is 71.5 Å². The van der Waals surface area contributed by atoms with Gasteiger partial charge in [0.2, 0.25) is 5.28 Å². The fraction of sp³-hybridized carbons (Fsp3) is 0.593. The van der Waals surface area contributed by atoms with E-state index in [2.05, 4.69) is 54.0 Å². The number of imidazole rings is 1. The van der Waals surface area contributed by atoms with Crippen molar-refractivity contribution in [1.29, 1.82) is 0 Å². The highest BCUT2D eigenvalue weighted by Crippen LogP contribution is 2.58. The molecule has 22 nitrogen and oxygen atoms in total. The van der Waals surface area contributed by atoms with E-state index >= 15 is 0 Å². The zero-order valence-corrected chi connectivity index (χ0v) is 30.5. The van der Waals surface area contributed by atoms with Gasteiger partial charge in [0.15, 0.2) is 35.9 Å². The van der Waals surface area contributed by atoms with E-state index in [1.54, 1.807) is 0 Å². The van der Waals surface area contributed by atoms with Crippen LogP contribution in [0.3, 0.4) is 0 Å². The van der Waals surface area contributed by atoms with Crippen LogP contribution in [0.4, 0.5) is 0 Å². The minimum atomic E-state index is -5.66. The highest BCUT2D eigenvalue weighted by Gasteiger charge is 2.49. The number of carbonyl (C=O) groups excluding carboxylic acids is 1. The van der Waals surface area contributed by atoms with E-state index < -0.39 is 89.4 Å². The molecule has 0 saturated carbocycles. The number of phosphoric ester groups is 2. The smallest absolute Gasteiger partial charge is 0.478 e. The number of nitrogens with two attached hydrogens (primary N) is 1. The molecule has 3 aromatic heterocycles. The molecule has 0 aliphatic carbocycles. The Morgan fingerprint density at radius 3 is 2.31 bits per heavy atom. The summed E-state index contributed by atoms with van der Waals surface area (Å²) < 4.78 is 51.2. The second-order valence-electron chi connectivity index (χ2n) is 11.4. The first-order chi connectivity index (χ1) is 24.4. The van der Waals surface area contributed by atoms with E-state index in [1.807, 2.05) is 0 Å². The van der Waals surface area contributed by atoms with Crippen LogP contribution < -0.4 is 20.8 Å². The maximum atomic E-state index is 12.4. The number of hydrogen-bond donors (Lipinski definition) is 7. The molecule has 2 aliphatic heterocycles. The third-order valence-corrected chi connectivity index (χ3v) is 10.9. The molecular formula is C27H40ClN7O15P2. The van der Waals surface area contributed by atoms with Crippen molar-refractivity contribution in [2.75, 3.05) is 32.8 Å². The van der Waals surface area contributed by atoms with Gasteiger partial charge in [0, 0.05) is 6.07 Å². The number of nitrogens with zero attached hydrogens (tertiary/aromatic N) is 5. The largest absolute Gasteiger partial charge is 0.756 e. The fourth-order valence-corrected chi connectivity index (χ4v) is 7.60. The van der Waals surface area contributed by atoms with Crippen molar-refractivity contribution in [3.8, 4) is 0 Å². The van der Waals surface area contributed by atoms with Crippen molar-refractivity contribution in [3.05, 3.63) is 52.1 Å². The van der Waals surface area contributed by atoms with Crippen molar-refractivity contribution in [2.45, 2.75) is 69.9 Å². The number of nitrogens with one attached hydrogen (secondary N) is 1. The maximum absolute atomic E-state index is 12.4. The van der Waals surface area contributed by atoms with Crippen LogP contribution in [0, 0.1) is 0 Å². The number of aliphatic hydroxyl groups excluding tert-OH is 4. The second-order valence-corrected chi connectivity index (χ2v) is 14.7. The lowest BCUT2D eigenvalue weighted by molar-refractivity contribution is -0.765. The third kappa shape index (κ3) is 9.85. The molecule has 2 saturated heterocycles. The lowest BCUT2D eigenvalue weighted by Gasteiger charge is -2.26. The second kappa shape index (κ2) is 17.6. The predicted molar refractivity (Wildman–Crippen MR) is 174 cm³/mol. The van der Waals surface area contributed by atoms with Crippen LogP contribution in [-0.2, 0) is 32.0 Å². The normalized spacial score (nSPS) is 28.4. The number of rotatable bonds is 14. The van der Waals surface area contributed by atoms with E-state index in [9.17, 15) is 48.9 Å². The molecule has 290 valence electrons. The number of amides is 1. The number of fused-ring (bicyclic) bond motifs is 1. The van der Waals surface area contributed by atoms with E-state index in [0.29, 0.717) is 0 Å². The standard InChI is InChI=1S/C21H25ClN6O15P2.C6H15N/c22-21-26-11-17(24-7-25-18(11)34)28(21)20-15(32)13(30)10(42-20)6-40-45(37,38)43-44(35,36)39-5-9-12(29)14(31)19(41-9)27-3-1-2-8(4-27)16(23)33;1-4-7(5-2)6-3/h1-4,7,9-10,12-15,19-20,29-32H,5-6H2,(H4-,23,24,25,33,34,35,36,37,38);4-6H2,1-3H3/t9-,10-,12-,13-,14-,15-,19-,20-;/m1./s1. The van der Waals surface area contributed by atoms with Crippen LogP contribution >= 0.6 is 27.2 Å². The molecule has 2 unspecified atom stereocenters. The van der Waals surface area contributed by atoms with Crippen LogP contribution in [0.1, 0.15) is 43.6 Å². The average molecular weight is 800 g/mol. The Balaban J connectivity index is 0.000000785. The summed E-state index contributed by atoms with van der Waals surface area (Å²) in [6.07, 6.45) is -9.03. The number of aromatic amines is 1. The van der Waals surface area contributed by atoms with Crippen LogP contribution in [-0.4, -0.2) is 125 Å². The fourth-order valence-electron chi connectivity index (χ4n) is 5.29. The summed E-state index contributed by atoms with van der Waals surface area (Å²) >= 11 is 6.07. The van der Waals surface area contributed by atoms with E-state index in [4.69, 9.17) is 26.8 Å². The maximum Gasteiger partial charge on any atom is 0.478 e. The van der Waals surface area contributed by atoms with E-state index in [0.717, 1.165) is 10.9 Å². The Hall–Kier alpha value is -2.76. The number of pyridine rings is 1. The van der Waals surface area contributed by atoms with Gasteiger partial charge in [-0.2, -0.15) is 4.57 Å². The monoisotopic (exact) mass is 799 g/mol. The molecule has 0 spiro atoms. The number of phosphoric acid groups is 2. The van der Waals surface area contributed by atoms with Crippen molar-refractivity contribution in [2.24, 2.45) is 5.73 Å². The summed E-state index contributed by atoms with van der Waals surface area (Å²) in [5, 5.41) is 41.3. The number of ether oxygens (including phenoxy) is 2. The highest BCUT2D eigenvalue weighted by atomic mass is 35.5. The lowest BCUT2D eigenvalue weighted by Crippen LogP contribution is -2.46. The van der Waals surface area contributed by atoms with Gasteiger partial charge in [-0.25, -0.2) is 18.8 Å². The lowest BCUT2D eigenvalue weighted by atomic mass is 10.1. The highest BCUT2D eigenvalue weighted by molar-refractivity contribution is 7.60. The Labute approximate surface area is 300 Å². The van der Waals surface area contributed by atoms with Crippen molar-refractivity contribution >= 4 is 44.3 Å². The summed E-state index contributed by atoms with van der Waals surface area (Å²) in [5.41, 5.74) is 4.30. The zero-order valence-electron chi connectivity index (χ0n) is 27.9. The van der Waals surface area contributed by atoms with Crippen molar-refractivity contribution in [1.82, 2.24) is 24.4 Å². The number of hydrogen-bond acceptors (Lipinski definition) is 17. The van der Waals surface area contributed by atoms with Gasteiger partial charge in [0.1, 0.15) is 36.1 Å². The first-order valence-electron chi connectivity index (χ1n) is 15.7.